The van der Waals surface area contributed by atoms with Crippen LogP contribution < -0.4 is 0 Å². The molecule has 0 atom stereocenters. The van der Waals surface area contributed by atoms with Gasteiger partial charge in [0.05, 0.1) is 0 Å². The lowest BCUT2D eigenvalue weighted by molar-refractivity contribution is 0.507. The molecule has 0 saturated carbocycles. The molecule has 0 radical (unpaired) electrons. The Balaban J connectivity index is 0.000000424. The molecule has 0 N–H and O–H groups in total. The Morgan fingerprint density at radius 3 is 1.92 bits per heavy atom. The number of benzene rings is 1. The van der Waals surface area contributed by atoms with Crippen LogP contribution in [0.3, 0.4) is 0 Å². The maximum atomic E-state index is 12.4. The Labute approximate surface area is 78.6 Å². The maximum Gasteiger partial charge on any atom is 0.159 e. The monoisotopic (exact) mass is 186 g/mol. The van der Waals surface area contributed by atoms with Gasteiger partial charge in [0, 0.05) is 0 Å². The summed E-state index contributed by atoms with van der Waals surface area (Å²) in [5, 5.41) is 0. The average molecular weight is 186 g/mol. The van der Waals surface area contributed by atoms with Crippen molar-refractivity contribution in [2.45, 2.75) is 33.6 Å². The normalized spacial score (nSPS) is 9.00. The SMILES string of the molecule is CCC.CCc1ccc(F)c(F)c1. The fourth-order valence-electron chi connectivity index (χ4n) is 0.760. The Hall–Kier alpha value is -0.920. The molecule has 1 rings (SSSR count). The van der Waals surface area contributed by atoms with Crippen LogP contribution in [0.4, 0.5) is 8.78 Å². The number of halogens is 2. The summed E-state index contributed by atoms with van der Waals surface area (Å²) in [4.78, 5) is 0. The molecule has 2 heteroatoms. The number of hydrogen-bond acceptors (Lipinski definition) is 0. The van der Waals surface area contributed by atoms with E-state index in [-0.39, 0.29) is 0 Å². The Bertz CT molecular complexity index is 244. The molecule has 0 saturated heterocycles. The highest BCUT2D eigenvalue weighted by Crippen LogP contribution is 2.08. The van der Waals surface area contributed by atoms with Crippen LogP contribution in [0.15, 0.2) is 18.2 Å². The van der Waals surface area contributed by atoms with E-state index in [0.29, 0.717) is 0 Å². The van der Waals surface area contributed by atoms with Crippen molar-refractivity contribution in [3.63, 3.8) is 0 Å². The molecule has 0 aromatic heterocycles. The van der Waals surface area contributed by atoms with Crippen LogP contribution in [0, 0.1) is 11.6 Å². The summed E-state index contributed by atoms with van der Waals surface area (Å²) in [6.45, 7) is 6.15. The lowest BCUT2D eigenvalue weighted by atomic mass is 10.2. The van der Waals surface area contributed by atoms with Crippen molar-refractivity contribution < 1.29 is 8.78 Å². The summed E-state index contributed by atoms with van der Waals surface area (Å²) in [5.41, 5.74) is 0.818. The van der Waals surface area contributed by atoms with Crippen LogP contribution >= 0.6 is 0 Å². The molecule has 13 heavy (non-hydrogen) atoms. The van der Waals surface area contributed by atoms with E-state index in [0.717, 1.165) is 18.1 Å². The maximum absolute atomic E-state index is 12.4. The molecule has 1 aromatic rings. The van der Waals surface area contributed by atoms with Gasteiger partial charge in [-0.3, -0.25) is 0 Å². The van der Waals surface area contributed by atoms with Gasteiger partial charge in [-0.05, 0) is 24.1 Å². The van der Waals surface area contributed by atoms with Crippen LogP contribution in [0.25, 0.3) is 0 Å². The fraction of sp³-hybridized carbons (Fsp3) is 0.455. The lowest BCUT2D eigenvalue weighted by Crippen LogP contribution is -1.86. The van der Waals surface area contributed by atoms with Crippen molar-refractivity contribution in [2.75, 3.05) is 0 Å². The van der Waals surface area contributed by atoms with Crippen molar-refractivity contribution in [2.24, 2.45) is 0 Å². The van der Waals surface area contributed by atoms with Crippen LogP contribution in [0.5, 0.6) is 0 Å². The molecule has 0 nitrogen and oxygen atoms in total. The molecule has 1 aromatic carbocycles. The molecular weight excluding hydrogens is 170 g/mol. The molecule has 0 aliphatic carbocycles. The average Bonchev–Trinajstić information content (AvgIpc) is 2.11. The third-order valence-electron chi connectivity index (χ3n) is 1.39. The first-order valence-electron chi connectivity index (χ1n) is 4.59. The molecule has 0 amide bonds. The summed E-state index contributed by atoms with van der Waals surface area (Å²) in [6.07, 6.45) is 1.98. The largest absolute Gasteiger partial charge is 0.204 e. The van der Waals surface area contributed by atoms with E-state index in [1.165, 1.54) is 12.5 Å². The lowest BCUT2D eigenvalue weighted by Gasteiger charge is -1.95. The smallest absolute Gasteiger partial charge is 0.159 e. The second kappa shape index (κ2) is 6.58. The Morgan fingerprint density at radius 2 is 1.54 bits per heavy atom. The first kappa shape index (κ1) is 12.1. The van der Waals surface area contributed by atoms with E-state index in [9.17, 15) is 8.78 Å². The third-order valence-corrected chi connectivity index (χ3v) is 1.39. The van der Waals surface area contributed by atoms with E-state index >= 15 is 0 Å². The van der Waals surface area contributed by atoms with Crippen molar-refractivity contribution in [1.82, 2.24) is 0 Å². The topological polar surface area (TPSA) is 0 Å². The van der Waals surface area contributed by atoms with Crippen LogP contribution in [-0.4, -0.2) is 0 Å². The minimum absolute atomic E-state index is 0.733. The predicted octanol–water partition coefficient (Wildman–Crippen LogP) is 3.94. The molecule has 0 spiro atoms. The van der Waals surface area contributed by atoms with Gasteiger partial charge in [-0.25, -0.2) is 8.78 Å². The molecular formula is C11H16F2. The molecule has 0 aliphatic heterocycles. The zero-order valence-electron chi connectivity index (χ0n) is 8.40. The van der Waals surface area contributed by atoms with Crippen molar-refractivity contribution in [3.05, 3.63) is 35.4 Å². The highest BCUT2D eigenvalue weighted by Gasteiger charge is 1.99. The van der Waals surface area contributed by atoms with Crippen molar-refractivity contribution >= 4 is 0 Å². The summed E-state index contributed by atoms with van der Waals surface area (Å²) in [5.74, 6) is -1.54. The molecule has 0 aliphatic rings. The highest BCUT2D eigenvalue weighted by molar-refractivity contribution is 5.17. The quantitative estimate of drug-likeness (QED) is 0.623. The van der Waals surface area contributed by atoms with Crippen molar-refractivity contribution in [3.8, 4) is 0 Å². The molecule has 0 heterocycles. The second-order valence-electron chi connectivity index (χ2n) is 2.81. The third kappa shape index (κ3) is 4.61. The summed E-state index contributed by atoms with van der Waals surface area (Å²) < 4.78 is 24.7. The summed E-state index contributed by atoms with van der Waals surface area (Å²) >= 11 is 0. The van der Waals surface area contributed by atoms with Crippen LogP contribution in [-0.2, 0) is 6.42 Å². The zero-order valence-corrected chi connectivity index (χ0v) is 8.40. The Kier molecular flexibility index (Phi) is 6.11. The van der Waals surface area contributed by atoms with Gasteiger partial charge in [-0.1, -0.05) is 33.3 Å². The number of rotatable bonds is 1. The van der Waals surface area contributed by atoms with Gasteiger partial charge >= 0.3 is 0 Å². The zero-order chi connectivity index (χ0) is 10.3. The van der Waals surface area contributed by atoms with E-state index in [4.69, 9.17) is 0 Å². The predicted molar refractivity (Wildman–Crippen MR) is 51.7 cm³/mol. The van der Waals surface area contributed by atoms with Crippen molar-refractivity contribution in [1.29, 1.82) is 0 Å². The minimum atomic E-state index is -0.780. The van der Waals surface area contributed by atoms with Gasteiger partial charge in [0.15, 0.2) is 11.6 Å². The van der Waals surface area contributed by atoms with E-state index < -0.39 is 11.6 Å². The van der Waals surface area contributed by atoms with Gasteiger partial charge in [0.25, 0.3) is 0 Å². The van der Waals surface area contributed by atoms with Crippen LogP contribution in [0.2, 0.25) is 0 Å². The second-order valence-corrected chi connectivity index (χ2v) is 2.81. The van der Waals surface area contributed by atoms with Crippen LogP contribution in [0.1, 0.15) is 32.8 Å². The number of hydrogen-bond donors (Lipinski definition) is 0. The van der Waals surface area contributed by atoms with Gasteiger partial charge in [0.2, 0.25) is 0 Å². The van der Waals surface area contributed by atoms with Gasteiger partial charge in [0.1, 0.15) is 0 Å². The van der Waals surface area contributed by atoms with E-state index in [2.05, 4.69) is 13.8 Å². The fourth-order valence-corrected chi connectivity index (χ4v) is 0.760. The number of aryl methyl sites for hydroxylation is 1. The highest BCUT2D eigenvalue weighted by atomic mass is 19.2. The van der Waals surface area contributed by atoms with Gasteiger partial charge < -0.3 is 0 Å². The summed E-state index contributed by atoms with van der Waals surface area (Å²) in [6, 6.07) is 3.95. The first-order chi connectivity index (χ1) is 6.15. The standard InChI is InChI=1S/C8H8F2.C3H8/c1-2-6-3-4-7(9)8(10)5-6;1-3-2/h3-5H,2H2,1H3;3H2,1-2H3. The molecule has 74 valence electrons. The minimum Gasteiger partial charge on any atom is -0.204 e. The first-order valence-corrected chi connectivity index (χ1v) is 4.59. The van der Waals surface area contributed by atoms with Gasteiger partial charge in [-0.15, -0.1) is 0 Å². The van der Waals surface area contributed by atoms with E-state index in [1.807, 2.05) is 6.92 Å². The Morgan fingerprint density at radius 1 is 1.00 bits per heavy atom. The molecule has 0 fully saturated rings. The van der Waals surface area contributed by atoms with Gasteiger partial charge in [-0.2, -0.15) is 0 Å². The molecule has 0 unspecified atom stereocenters. The summed E-state index contributed by atoms with van der Waals surface area (Å²) in [7, 11) is 0. The molecule has 0 bridgehead atoms. The van der Waals surface area contributed by atoms with E-state index in [1.54, 1.807) is 6.07 Å².